The van der Waals surface area contributed by atoms with Gasteiger partial charge in [0.05, 0.1) is 28.3 Å². The summed E-state index contributed by atoms with van der Waals surface area (Å²) < 4.78 is 92.9. The number of fused-ring (bicyclic) bond motifs is 2. The van der Waals surface area contributed by atoms with Crippen molar-refractivity contribution in [2.24, 2.45) is 14.1 Å². The summed E-state index contributed by atoms with van der Waals surface area (Å²) in [7, 11) is -0.824. The van der Waals surface area contributed by atoms with Crippen LogP contribution in [0.2, 0.25) is 0 Å². The lowest BCUT2D eigenvalue weighted by atomic mass is 9.96. The van der Waals surface area contributed by atoms with E-state index in [-0.39, 0.29) is 33.3 Å². The molecule has 4 aromatic rings. The van der Waals surface area contributed by atoms with Crippen LogP contribution in [0.3, 0.4) is 0 Å². The van der Waals surface area contributed by atoms with E-state index >= 15 is 0 Å². The smallest absolute Gasteiger partial charge is 0.421 e. The monoisotopic (exact) mass is 575 g/mol. The summed E-state index contributed by atoms with van der Waals surface area (Å²) in [5, 5.41) is 9.50. The van der Waals surface area contributed by atoms with Gasteiger partial charge in [0.15, 0.2) is 32.2 Å². The van der Waals surface area contributed by atoms with Gasteiger partial charge in [0.1, 0.15) is 11.5 Å². The molecule has 2 aromatic carbocycles. The number of aryl methyl sites for hydroxylation is 1. The number of nitrogens with zero attached hydrogens (tertiary/aromatic N) is 5. The molecule has 208 valence electrons. The average molecular weight is 576 g/mol. The largest absolute Gasteiger partial charge is 0.507 e. The van der Waals surface area contributed by atoms with Gasteiger partial charge < -0.3 is 18.6 Å². The highest BCUT2D eigenvalue weighted by atomic mass is 32.2. The van der Waals surface area contributed by atoms with Gasteiger partial charge in [-0.3, -0.25) is 0 Å². The van der Waals surface area contributed by atoms with E-state index in [1.807, 2.05) is 12.1 Å². The number of halogens is 4. The van der Waals surface area contributed by atoms with Gasteiger partial charge in [-0.25, -0.2) is 18.4 Å². The third-order valence-corrected chi connectivity index (χ3v) is 9.14. The van der Waals surface area contributed by atoms with E-state index < -0.39 is 39.0 Å². The number of sulfone groups is 1. The molecular weight excluding hydrogens is 554 g/mol. The molecule has 0 spiro atoms. The zero-order chi connectivity index (χ0) is 28.8. The van der Waals surface area contributed by atoms with E-state index in [4.69, 9.17) is 0 Å². The van der Waals surface area contributed by atoms with Crippen molar-refractivity contribution in [2.45, 2.75) is 42.4 Å². The van der Waals surface area contributed by atoms with Gasteiger partial charge in [0.2, 0.25) is 0 Å². The third kappa shape index (κ3) is 3.67. The third-order valence-electron chi connectivity index (χ3n) is 7.33. The van der Waals surface area contributed by atoms with Crippen LogP contribution in [0.15, 0.2) is 41.4 Å². The Morgan fingerprint density at radius 1 is 0.975 bits per heavy atom. The maximum Gasteiger partial charge on any atom is 0.507 e. The fourth-order valence-electron chi connectivity index (χ4n) is 4.89. The van der Waals surface area contributed by atoms with E-state index in [9.17, 15) is 31.2 Å². The van der Waals surface area contributed by atoms with Crippen LogP contribution in [0.5, 0.6) is 11.5 Å². The summed E-state index contributed by atoms with van der Waals surface area (Å²) in [4.78, 5) is 9.07. The Kier molecular flexibility index (Phi) is 5.35. The number of alkyl halides is 4. The molecule has 9 nitrogen and oxygen atoms in total. The molecule has 0 radical (unpaired) electrons. The highest BCUT2D eigenvalue weighted by Gasteiger charge is 2.66. The molecule has 14 heteroatoms. The quantitative estimate of drug-likeness (QED) is 0.310. The Morgan fingerprint density at radius 2 is 1.62 bits per heavy atom. The first-order valence-electron chi connectivity index (χ1n) is 12.2. The molecule has 1 fully saturated rings. The first-order chi connectivity index (χ1) is 18.7. The maximum atomic E-state index is 13.8. The van der Waals surface area contributed by atoms with Crippen molar-refractivity contribution in [1.82, 2.24) is 19.1 Å². The van der Waals surface area contributed by atoms with E-state index in [0.29, 0.717) is 11.4 Å². The maximum absolute atomic E-state index is 13.8. The molecule has 3 heterocycles. The van der Waals surface area contributed by atoms with Crippen LogP contribution in [0.4, 0.5) is 17.6 Å². The van der Waals surface area contributed by atoms with Gasteiger partial charge in [0.25, 0.3) is 0 Å². The zero-order valence-corrected chi connectivity index (χ0v) is 22.2. The van der Waals surface area contributed by atoms with Crippen molar-refractivity contribution >= 4 is 20.9 Å². The summed E-state index contributed by atoms with van der Waals surface area (Å²) >= 11 is 0. The van der Waals surface area contributed by atoms with Gasteiger partial charge in [-0.1, -0.05) is 25.1 Å². The van der Waals surface area contributed by atoms with Crippen molar-refractivity contribution in [1.29, 1.82) is 5.26 Å². The van der Waals surface area contributed by atoms with Gasteiger partial charge in [-0.2, -0.15) is 22.8 Å². The number of benzene rings is 2. The molecule has 1 aliphatic carbocycles. The summed E-state index contributed by atoms with van der Waals surface area (Å²) in [5.74, 6) is -1.16. The Hall–Kier alpha value is -4.12. The molecule has 2 aliphatic rings. The first kappa shape index (κ1) is 26.1. The highest BCUT2D eigenvalue weighted by molar-refractivity contribution is 7.91. The van der Waals surface area contributed by atoms with Crippen LogP contribution in [0, 0.1) is 11.3 Å². The van der Waals surface area contributed by atoms with Crippen molar-refractivity contribution in [3.8, 4) is 40.5 Å². The molecule has 0 N–H and O–H groups in total. The second-order valence-electron chi connectivity index (χ2n) is 9.85. The Bertz CT molecular complexity index is 1870. The topological polar surface area (TPSA) is 112 Å². The fraction of sp³-hybridized carbons (Fsp3) is 0.346. The lowest BCUT2D eigenvalue weighted by Gasteiger charge is -2.31. The Morgan fingerprint density at radius 3 is 2.23 bits per heavy atom. The van der Waals surface area contributed by atoms with Gasteiger partial charge in [0, 0.05) is 31.8 Å². The van der Waals surface area contributed by atoms with Gasteiger partial charge >= 0.3 is 12.2 Å². The molecule has 0 bridgehead atoms. The van der Waals surface area contributed by atoms with Gasteiger partial charge in [-0.15, -0.1) is 0 Å². The van der Waals surface area contributed by atoms with Crippen LogP contribution in [0.25, 0.3) is 33.9 Å². The van der Waals surface area contributed by atoms with E-state index in [0.717, 1.165) is 30.5 Å². The molecule has 1 saturated carbocycles. The first-order valence-corrected chi connectivity index (χ1v) is 13.8. The van der Waals surface area contributed by atoms with Crippen LogP contribution < -0.4 is 9.47 Å². The average Bonchev–Trinajstić information content (AvgIpc) is 3.54. The summed E-state index contributed by atoms with van der Waals surface area (Å²) in [6.07, 6.45) is -8.35. The number of imidazole rings is 2. The fourth-order valence-corrected chi connectivity index (χ4v) is 6.10. The minimum atomic E-state index is -4.90. The predicted molar refractivity (Wildman–Crippen MR) is 134 cm³/mol. The number of hydrogen-bond donors (Lipinski definition) is 0. The number of nitriles is 1. The number of aromatic nitrogens is 4. The summed E-state index contributed by atoms with van der Waals surface area (Å²) in [5.41, 5.74) is 1.06. The minimum Gasteiger partial charge on any atom is -0.421 e. The van der Waals surface area contributed by atoms with E-state index in [2.05, 4.69) is 25.5 Å². The zero-order valence-electron chi connectivity index (χ0n) is 21.4. The van der Waals surface area contributed by atoms with Crippen molar-refractivity contribution in [2.75, 3.05) is 5.75 Å². The molecule has 0 unspecified atom stereocenters. The molecular formula is C26H21F4N5O4S. The number of ether oxygens (including phenoxy) is 2. The SMILES string of the molecule is CCS(=O)(=O)c1c(-c2nc3cc4c(cc3n2C)OC(F)(F)C(F)(F)O4)nc(-c2cccc(C3(C#N)CC3)c2)n1C. The molecule has 1 aliphatic heterocycles. The van der Waals surface area contributed by atoms with Crippen LogP contribution in [-0.4, -0.2) is 45.5 Å². The highest BCUT2D eigenvalue weighted by Crippen LogP contribution is 2.49. The Balaban J connectivity index is 1.55. The lowest BCUT2D eigenvalue weighted by molar-refractivity contribution is -0.391. The van der Waals surface area contributed by atoms with Crippen LogP contribution in [0.1, 0.15) is 25.3 Å². The second kappa shape index (κ2) is 8.20. The number of hydrogen-bond acceptors (Lipinski definition) is 7. The van der Waals surface area contributed by atoms with Crippen LogP contribution >= 0.6 is 0 Å². The van der Waals surface area contributed by atoms with Crippen molar-refractivity contribution in [3.05, 3.63) is 42.0 Å². The Labute approximate surface area is 225 Å². The summed E-state index contributed by atoms with van der Waals surface area (Å²) in [6, 6.07) is 11.6. The van der Waals surface area contributed by atoms with Crippen molar-refractivity contribution < 1.29 is 35.5 Å². The van der Waals surface area contributed by atoms with E-state index in [1.54, 1.807) is 19.2 Å². The number of rotatable bonds is 5. The molecule has 0 saturated heterocycles. The molecule has 2 aromatic heterocycles. The lowest BCUT2D eigenvalue weighted by Crippen LogP contribution is -2.52. The van der Waals surface area contributed by atoms with Crippen LogP contribution in [-0.2, 0) is 29.3 Å². The molecule has 0 amide bonds. The van der Waals surface area contributed by atoms with Gasteiger partial charge in [-0.05, 0) is 24.5 Å². The van der Waals surface area contributed by atoms with E-state index in [1.165, 1.54) is 23.1 Å². The predicted octanol–water partition coefficient (Wildman–Crippen LogP) is 4.95. The van der Waals surface area contributed by atoms with Crippen molar-refractivity contribution in [3.63, 3.8) is 0 Å². The minimum absolute atomic E-state index is 0.0136. The molecule has 0 atom stereocenters. The standard InChI is InChI=1S/C26H21F4N5O4S/c1-4-40(36,37)23-20(33-21(35(23)3)14-6-5-7-15(10-14)24(13-31)8-9-24)22-32-16-11-18-19(12-17(16)34(22)2)39-26(29,30)25(27,28)38-18/h5-7,10-12H,4,8-9H2,1-3H3. The summed E-state index contributed by atoms with van der Waals surface area (Å²) in [6.45, 7) is 1.48. The molecule has 6 rings (SSSR count). The normalized spacial score (nSPS) is 18.4. The second-order valence-corrected chi connectivity index (χ2v) is 12.0. The molecule has 40 heavy (non-hydrogen) atoms.